The molecule has 0 radical (unpaired) electrons. The molecule has 4 heterocycles. The first-order valence-electron chi connectivity index (χ1n) is 10.2. The van der Waals surface area contributed by atoms with Gasteiger partial charge in [0.2, 0.25) is 0 Å². The molecular weight excluding hydrogens is 422 g/mol. The summed E-state index contributed by atoms with van der Waals surface area (Å²) < 4.78 is 14.8. The minimum atomic E-state index is -1.28. The van der Waals surface area contributed by atoms with Gasteiger partial charge in [0.15, 0.2) is 4.90 Å². The molecule has 8 nitrogen and oxygen atoms in total. The minimum Gasteiger partial charge on any atom is -0.607 e. The SMILES string of the molecule is N#CCC(c1cncc([S+]([O-])C2=CC=CCC2)c1)n1cc(-c2ncnc3[nH]ccc23)cn1. The van der Waals surface area contributed by atoms with Crippen LogP contribution in [0.3, 0.4) is 0 Å². The number of nitrogens with zero attached hydrogens (tertiary/aromatic N) is 6. The van der Waals surface area contributed by atoms with E-state index < -0.39 is 11.2 Å². The zero-order valence-corrected chi connectivity index (χ0v) is 17.9. The summed E-state index contributed by atoms with van der Waals surface area (Å²) in [4.78, 5) is 17.5. The number of aromatic amines is 1. The lowest BCUT2D eigenvalue weighted by atomic mass is 10.1. The Hall–Kier alpha value is -3.74. The van der Waals surface area contributed by atoms with Crippen LogP contribution in [0.25, 0.3) is 22.3 Å². The quantitative estimate of drug-likeness (QED) is 0.451. The van der Waals surface area contributed by atoms with Gasteiger partial charge in [-0.05, 0) is 18.6 Å². The van der Waals surface area contributed by atoms with E-state index >= 15 is 0 Å². The molecule has 1 aliphatic rings. The zero-order chi connectivity index (χ0) is 21.9. The average molecular weight is 442 g/mol. The highest BCUT2D eigenvalue weighted by molar-refractivity contribution is 7.95. The Morgan fingerprint density at radius 3 is 3.06 bits per heavy atom. The highest BCUT2D eigenvalue weighted by atomic mass is 32.2. The van der Waals surface area contributed by atoms with Crippen molar-refractivity contribution in [3.63, 3.8) is 0 Å². The standard InChI is InChI=1S/C23H19N7OS/c24-8-6-21(16-10-19(13-25-11-16)32(31)18-4-2-1-3-5-18)30-14-17(12-29-30)22-20-7-9-26-23(20)28-15-27-22/h1-2,4,7,9-15,21H,3,5-6H2,(H,26,27,28). The first-order valence-corrected chi connectivity index (χ1v) is 11.3. The molecule has 0 saturated carbocycles. The van der Waals surface area contributed by atoms with E-state index in [1.54, 1.807) is 23.3 Å². The third kappa shape index (κ3) is 3.82. The number of allylic oxidation sites excluding steroid dienone is 4. The van der Waals surface area contributed by atoms with Crippen LogP contribution >= 0.6 is 0 Å². The summed E-state index contributed by atoms with van der Waals surface area (Å²) in [6.45, 7) is 0. The van der Waals surface area contributed by atoms with E-state index in [9.17, 15) is 9.81 Å². The summed E-state index contributed by atoms with van der Waals surface area (Å²) in [5.74, 6) is 0. The van der Waals surface area contributed by atoms with Gasteiger partial charge in [-0.1, -0.05) is 12.2 Å². The molecule has 0 saturated heterocycles. The Labute approximate surface area is 187 Å². The van der Waals surface area contributed by atoms with E-state index in [1.807, 2.05) is 36.7 Å². The molecular formula is C23H19N7OS. The van der Waals surface area contributed by atoms with E-state index in [-0.39, 0.29) is 12.5 Å². The van der Waals surface area contributed by atoms with Crippen LogP contribution in [0, 0.1) is 11.3 Å². The maximum Gasteiger partial charge on any atom is 0.176 e. The predicted octanol–water partition coefficient (Wildman–Crippen LogP) is 4.06. The molecule has 2 atom stereocenters. The lowest BCUT2D eigenvalue weighted by Crippen LogP contribution is -2.13. The van der Waals surface area contributed by atoms with E-state index in [2.05, 4.69) is 37.2 Å². The molecule has 9 heteroatoms. The monoisotopic (exact) mass is 441 g/mol. The lowest BCUT2D eigenvalue weighted by Gasteiger charge is -2.17. The van der Waals surface area contributed by atoms with Crippen molar-refractivity contribution in [1.29, 1.82) is 5.26 Å². The fourth-order valence-corrected chi connectivity index (χ4v) is 5.00. The second-order valence-electron chi connectivity index (χ2n) is 7.37. The molecule has 0 bridgehead atoms. The molecule has 0 fully saturated rings. The van der Waals surface area contributed by atoms with Crippen LogP contribution in [-0.4, -0.2) is 34.3 Å². The molecule has 0 spiro atoms. The van der Waals surface area contributed by atoms with Gasteiger partial charge >= 0.3 is 0 Å². The Bertz CT molecular complexity index is 1360. The predicted molar refractivity (Wildman–Crippen MR) is 121 cm³/mol. The van der Waals surface area contributed by atoms with Gasteiger partial charge in [-0.2, -0.15) is 10.4 Å². The van der Waals surface area contributed by atoms with Crippen molar-refractivity contribution in [2.24, 2.45) is 0 Å². The number of rotatable bonds is 6. The molecule has 1 N–H and O–H groups in total. The van der Waals surface area contributed by atoms with Crippen molar-refractivity contribution in [3.05, 3.63) is 78.1 Å². The van der Waals surface area contributed by atoms with Crippen molar-refractivity contribution >= 4 is 22.2 Å². The highest BCUT2D eigenvalue weighted by Gasteiger charge is 2.23. The Morgan fingerprint density at radius 2 is 2.22 bits per heavy atom. The molecule has 4 aromatic rings. The fraction of sp³-hybridized carbons (Fsp3) is 0.174. The molecule has 5 rings (SSSR count). The van der Waals surface area contributed by atoms with Crippen molar-refractivity contribution in [1.82, 2.24) is 29.7 Å². The molecule has 0 amide bonds. The van der Waals surface area contributed by atoms with Crippen LogP contribution in [0.1, 0.15) is 30.9 Å². The molecule has 2 unspecified atom stereocenters. The van der Waals surface area contributed by atoms with Crippen molar-refractivity contribution < 1.29 is 4.55 Å². The smallest absolute Gasteiger partial charge is 0.176 e. The molecule has 0 aromatic carbocycles. The van der Waals surface area contributed by atoms with Crippen molar-refractivity contribution in [2.75, 3.05) is 0 Å². The maximum atomic E-state index is 13.0. The number of fused-ring (bicyclic) bond motifs is 1. The fourth-order valence-electron chi connectivity index (χ4n) is 3.79. The largest absolute Gasteiger partial charge is 0.607 e. The van der Waals surface area contributed by atoms with Crippen molar-refractivity contribution in [2.45, 2.75) is 30.2 Å². The van der Waals surface area contributed by atoms with Gasteiger partial charge in [0, 0.05) is 58.8 Å². The van der Waals surface area contributed by atoms with Gasteiger partial charge in [0.05, 0.1) is 36.6 Å². The molecule has 158 valence electrons. The Kier molecular flexibility index (Phi) is 5.54. The van der Waals surface area contributed by atoms with Gasteiger partial charge in [0.1, 0.15) is 16.9 Å². The summed E-state index contributed by atoms with van der Waals surface area (Å²) in [6, 6.07) is 5.66. The Morgan fingerprint density at radius 1 is 1.28 bits per heavy atom. The third-order valence-electron chi connectivity index (χ3n) is 5.38. The van der Waals surface area contributed by atoms with E-state index in [1.165, 1.54) is 6.33 Å². The zero-order valence-electron chi connectivity index (χ0n) is 17.0. The van der Waals surface area contributed by atoms with Crippen LogP contribution in [0.4, 0.5) is 0 Å². The average Bonchev–Trinajstić information content (AvgIpc) is 3.52. The number of pyridine rings is 1. The van der Waals surface area contributed by atoms with E-state index in [4.69, 9.17) is 0 Å². The van der Waals surface area contributed by atoms with Gasteiger partial charge in [-0.15, -0.1) is 0 Å². The number of nitrogens with one attached hydrogen (secondary N) is 1. The summed E-state index contributed by atoms with van der Waals surface area (Å²) in [6.07, 6.45) is 18.0. The molecule has 0 aliphatic heterocycles. The highest BCUT2D eigenvalue weighted by Crippen LogP contribution is 2.30. The number of H-pyrrole nitrogens is 1. The van der Waals surface area contributed by atoms with Crippen LogP contribution in [0.5, 0.6) is 0 Å². The van der Waals surface area contributed by atoms with Crippen LogP contribution in [0.15, 0.2) is 77.5 Å². The van der Waals surface area contributed by atoms with Crippen LogP contribution < -0.4 is 0 Å². The summed E-state index contributed by atoms with van der Waals surface area (Å²) in [5.41, 5.74) is 3.13. The second-order valence-corrected chi connectivity index (χ2v) is 8.91. The first kappa shape index (κ1) is 20.2. The number of hydrogen-bond acceptors (Lipinski definition) is 6. The second kappa shape index (κ2) is 8.78. The van der Waals surface area contributed by atoms with Crippen molar-refractivity contribution in [3.8, 4) is 17.3 Å². The van der Waals surface area contributed by atoms with Gasteiger partial charge in [0.25, 0.3) is 0 Å². The lowest BCUT2D eigenvalue weighted by molar-refractivity contribution is 0.529. The van der Waals surface area contributed by atoms with Crippen LogP contribution in [-0.2, 0) is 11.2 Å². The third-order valence-corrected chi connectivity index (χ3v) is 6.85. The van der Waals surface area contributed by atoms with Gasteiger partial charge in [-0.25, -0.2) is 9.97 Å². The summed E-state index contributed by atoms with van der Waals surface area (Å²) in [5, 5.41) is 14.9. The molecule has 4 aromatic heterocycles. The van der Waals surface area contributed by atoms with Crippen LogP contribution in [0.2, 0.25) is 0 Å². The minimum absolute atomic E-state index is 0.202. The maximum absolute atomic E-state index is 13.0. The topological polar surface area (TPSA) is 119 Å². The molecule has 1 aliphatic carbocycles. The Balaban J connectivity index is 1.49. The summed E-state index contributed by atoms with van der Waals surface area (Å²) >= 11 is -1.28. The van der Waals surface area contributed by atoms with E-state index in [0.717, 1.165) is 45.6 Å². The normalized spacial score (nSPS) is 15.3. The van der Waals surface area contributed by atoms with E-state index in [0.29, 0.717) is 4.90 Å². The molecule has 32 heavy (non-hydrogen) atoms. The number of nitriles is 1. The van der Waals surface area contributed by atoms with Gasteiger partial charge in [-0.3, -0.25) is 9.67 Å². The summed E-state index contributed by atoms with van der Waals surface area (Å²) in [7, 11) is 0. The van der Waals surface area contributed by atoms with Gasteiger partial charge < -0.3 is 9.54 Å². The first-order chi connectivity index (χ1) is 15.7. The number of aromatic nitrogens is 6. The number of hydrogen-bond donors (Lipinski definition) is 1.